The molecule has 0 aromatic rings. The van der Waals surface area contributed by atoms with E-state index in [4.69, 9.17) is 30.6 Å². The molecule has 0 radical (unpaired) electrons. The van der Waals surface area contributed by atoms with E-state index >= 15 is 0 Å². The number of aliphatic carboxylic acids is 1. The summed E-state index contributed by atoms with van der Waals surface area (Å²) in [7, 11) is 0. The van der Waals surface area contributed by atoms with Crippen molar-refractivity contribution in [2.45, 2.75) is 24.4 Å². The average molecular weight is 315 g/mol. The van der Waals surface area contributed by atoms with Crippen LogP contribution in [0.4, 0.5) is 0 Å². The van der Waals surface area contributed by atoms with E-state index in [0.717, 1.165) is 0 Å². The number of aliphatic hydroxyl groups excluding tert-OH is 5. The van der Waals surface area contributed by atoms with Crippen LogP contribution in [0, 0.1) is 0 Å². The first-order valence-corrected chi connectivity index (χ1v) is 3.47. The van der Waals surface area contributed by atoms with E-state index in [1.165, 1.54) is 0 Å². The van der Waals surface area contributed by atoms with Gasteiger partial charge >= 0.3 is 29.9 Å². The molecule has 0 aliphatic rings. The molecule has 78 valence electrons. The first-order valence-electron chi connectivity index (χ1n) is 3.47. The van der Waals surface area contributed by atoms with Crippen molar-refractivity contribution in [2.24, 2.45) is 0 Å². The summed E-state index contributed by atoms with van der Waals surface area (Å²) in [6.45, 7) is -0.843. The monoisotopic (exact) mass is 316 g/mol. The Morgan fingerprint density at radius 3 is 1.79 bits per heavy atom. The van der Waals surface area contributed by atoms with E-state index in [1.807, 2.05) is 0 Å². The molecule has 14 heavy (non-hydrogen) atoms. The summed E-state index contributed by atoms with van der Waals surface area (Å²) in [6.07, 6.45) is -7.84. The van der Waals surface area contributed by atoms with Crippen LogP contribution in [0.2, 0.25) is 0 Å². The predicted molar refractivity (Wildman–Crippen MR) is 44.5 cm³/mol. The quantitative estimate of drug-likeness (QED) is 0.285. The van der Waals surface area contributed by atoms with E-state index < -0.39 is 37.0 Å². The van der Waals surface area contributed by atoms with Gasteiger partial charge in [-0.1, -0.05) is 0 Å². The maximum absolute atomic E-state index is 10.1. The Balaban J connectivity index is 0. The van der Waals surface area contributed by atoms with Crippen molar-refractivity contribution >= 4 is 29.9 Å². The normalized spacial score (nSPS) is 18.9. The van der Waals surface area contributed by atoms with Crippen LogP contribution in [0.1, 0.15) is 0 Å². The number of rotatable bonds is 5. The summed E-state index contributed by atoms with van der Waals surface area (Å²) in [5.41, 5.74) is 0. The number of carbonyl (C=O) groups is 1. The van der Waals surface area contributed by atoms with Gasteiger partial charge < -0.3 is 30.6 Å². The summed E-state index contributed by atoms with van der Waals surface area (Å²) in [4.78, 5) is 10.1. The minimum absolute atomic E-state index is 0. The summed E-state index contributed by atoms with van der Waals surface area (Å²) in [5.74, 6) is -1.73. The summed E-state index contributed by atoms with van der Waals surface area (Å²) < 4.78 is 0. The molecule has 0 amide bonds. The van der Waals surface area contributed by atoms with E-state index in [1.54, 1.807) is 0 Å². The van der Waals surface area contributed by atoms with E-state index in [-0.39, 0.29) is 23.9 Å². The third kappa shape index (κ3) is 4.53. The Morgan fingerprint density at radius 1 is 1.07 bits per heavy atom. The van der Waals surface area contributed by atoms with Gasteiger partial charge in [-0.3, -0.25) is 0 Å². The second-order valence-corrected chi connectivity index (χ2v) is 2.51. The maximum atomic E-state index is 10.1. The molecule has 0 aromatic heterocycles. The van der Waals surface area contributed by atoms with Crippen LogP contribution in [0.25, 0.3) is 0 Å². The smallest absolute Gasteiger partial charge is 0.479 e. The van der Waals surface area contributed by atoms with Gasteiger partial charge in [0.05, 0.1) is 6.61 Å². The summed E-state index contributed by atoms with van der Waals surface area (Å²) in [6, 6.07) is 0. The molecular weight excluding hydrogens is 303 g/mol. The standard InChI is InChI=1S/C6H12O7.Sn/c7-1-2(8)3(9)4(10)5(11)6(12)13;/h2-5,7-11H,1H2,(H,12,13);/q;+4/t2-,3-,4+,5-;/m1./s1. The van der Waals surface area contributed by atoms with Crippen molar-refractivity contribution in [1.82, 2.24) is 0 Å². The molecule has 0 aromatic carbocycles. The van der Waals surface area contributed by atoms with Crippen LogP contribution < -0.4 is 0 Å². The number of carboxylic acids is 1. The zero-order valence-corrected chi connectivity index (χ0v) is 9.96. The Labute approximate surface area is 96.6 Å². The molecule has 8 heteroatoms. The van der Waals surface area contributed by atoms with Crippen molar-refractivity contribution in [2.75, 3.05) is 6.61 Å². The van der Waals surface area contributed by atoms with Crippen LogP contribution in [-0.2, 0) is 4.79 Å². The Hall–Kier alpha value is 0.0687. The van der Waals surface area contributed by atoms with Gasteiger partial charge in [-0.2, -0.15) is 0 Å². The van der Waals surface area contributed by atoms with Gasteiger partial charge in [-0.15, -0.1) is 0 Å². The Morgan fingerprint density at radius 2 is 1.50 bits per heavy atom. The third-order valence-corrected chi connectivity index (χ3v) is 1.51. The van der Waals surface area contributed by atoms with Gasteiger partial charge in [0.1, 0.15) is 18.3 Å². The number of carboxylic acid groups (broad SMARTS) is 1. The second kappa shape index (κ2) is 7.37. The Bertz CT molecular complexity index is 176. The molecule has 0 heterocycles. The van der Waals surface area contributed by atoms with Crippen molar-refractivity contribution in [3.05, 3.63) is 0 Å². The van der Waals surface area contributed by atoms with Crippen LogP contribution in [-0.4, -0.2) is 91.5 Å². The molecule has 0 saturated heterocycles. The first-order chi connectivity index (χ1) is 5.91. The van der Waals surface area contributed by atoms with Gasteiger partial charge in [-0.05, 0) is 0 Å². The molecule has 4 atom stereocenters. The largest absolute Gasteiger partial charge is 4.00 e. The molecule has 7 nitrogen and oxygen atoms in total. The molecule has 0 spiro atoms. The second-order valence-electron chi connectivity index (χ2n) is 2.51. The summed E-state index contributed by atoms with van der Waals surface area (Å²) in [5, 5.41) is 51.8. The topological polar surface area (TPSA) is 138 Å². The summed E-state index contributed by atoms with van der Waals surface area (Å²) >= 11 is 0. The van der Waals surface area contributed by atoms with Crippen LogP contribution in [0.3, 0.4) is 0 Å². The number of hydrogen-bond acceptors (Lipinski definition) is 6. The van der Waals surface area contributed by atoms with Gasteiger partial charge in [0.15, 0.2) is 6.10 Å². The fraction of sp³-hybridized carbons (Fsp3) is 0.833. The zero-order valence-electron chi connectivity index (χ0n) is 7.11. The fourth-order valence-electron chi connectivity index (χ4n) is 0.668. The molecule has 6 N–H and O–H groups in total. The molecule has 0 bridgehead atoms. The minimum Gasteiger partial charge on any atom is -0.479 e. The fourth-order valence-corrected chi connectivity index (χ4v) is 0.668. The number of aliphatic hydroxyl groups is 5. The predicted octanol–water partition coefficient (Wildman–Crippen LogP) is -3.87. The molecule has 0 unspecified atom stereocenters. The van der Waals surface area contributed by atoms with Crippen molar-refractivity contribution < 1.29 is 35.4 Å². The van der Waals surface area contributed by atoms with Crippen molar-refractivity contribution in [3.8, 4) is 0 Å². The molecule has 0 rings (SSSR count). The molecule has 0 aliphatic heterocycles. The Kier molecular flexibility index (Phi) is 8.69. The average Bonchev–Trinajstić information content (AvgIpc) is 2.12. The van der Waals surface area contributed by atoms with E-state index in [2.05, 4.69) is 0 Å². The number of hydrogen-bond donors (Lipinski definition) is 6. The molecular formula is C6H12O7Sn+4. The zero-order chi connectivity index (χ0) is 10.6. The molecule has 0 saturated carbocycles. The van der Waals surface area contributed by atoms with Gasteiger partial charge in [-0.25, -0.2) is 4.79 Å². The van der Waals surface area contributed by atoms with Crippen molar-refractivity contribution in [3.63, 3.8) is 0 Å². The van der Waals surface area contributed by atoms with Crippen LogP contribution >= 0.6 is 0 Å². The molecule has 0 fully saturated rings. The maximum Gasteiger partial charge on any atom is 4.00 e. The van der Waals surface area contributed by atoms with Gasteiger partial charge in [0.25, 0.3) is 0 Å². The van der Waals surface area contributed by atoms with Crippen LogP contribution in [0.15, 0.2) is 0 Å². The van der Waals surface area contributed by atoms with Crippen molar-refractivity contribution in [1.29, 1.82) is 0 Å². The van der Waals surface area contributed by atoms with Gasteiger partial charge in [0, 0.05) is 0 Å². The minimum atomic E-state index is -2.20. The van der Waals surface area contributed by atoms with E-state index in [9.17, 15) is 4.79 Å². The third-order valence-electron chi connectivity index (χ3n) is 1.51. The van der Waals surface area contributed by atoms with Gasteiger partial charge in [0.2, 0.25) is 0 Å². The SMILES string of the molecule is O=C(O)[C@H](O)[C@@H](O)[C@H](O)[C@H](O)CO.[Sn+4]. The first kappa shape index (κ1) is 16.5. The van der Waals surface area contributed by atoms with E-state index in [0.29, 0.717) is 0 Å². The molecule has 0 aliphatic carbocycles. The van der Waals surface area contributed by atoms with Crippen LogP contribution in [0.5, 0.6) is 0 Å².